The van der Waals surface area contributed by atoms with Crippen LogP contribution in [0.5, 0.6) is 0 Å². The molecule has 1 N–H and O–H groups in total. The fourth-order valence-electron chi connectivity index (χ4n) is 0.967. The number of hydrogen-bond donors (Lipinski definition) is 1. The topological polar surface area (TPSA) is 42.0 Å². The van der Waals surface area contributed by atoms with Crippen LogP contribution in [0.15, 0.2) is 36.8 Å². The van der Waals surface area contributed by atoms with Crippen molar-refractivity contribution in [3.8, 4) is 0 Å². The van der Waals surface area contributed by atoms with Gasteiger partial charge in [0.05, 0.1) is 0 Å². The van der Waals surface area contributed by atoms with Crippen LogP contribution in [0.4, 0.5) is 0 Å². The zero-order valence-electron chi connectivity index (χ0n) is 8.23. The molecule has 0 saturated heterocycles. The number of ketones is 1. The molecule has 0 bridgehead atoms. The second-order valence-electron chi connectivity index (χ2n) is 2.89. The van der Waals surface area contributed by atoms with E-state index in [0.29, 0.717) is 5.56 Å². The molecule has 14 heavy (non-hydrogen) atoms. The Morgan fingerprint density at radius 3 is 3.14 bits per heavy atom. The van der Waals surface area contributed by atoms with Crippen molar-refractivity contribution in [2.45, 2.75) is 13.3 Å². The molecule has 0 aliphatic carbocycles. The first kappa shape index (κ1) is 10.4. The van der Waals surface area contributed by atoms with Crippen molar-refractivity contribution in [2.75, 3.05) is 6.54 Å². The van der Waals surface area contributed by atoms with Crippen LogP contribution >= 0.6 is 0 Å². The van der Waals surface area contributed by atoms with Crippen LogP contribution in [0.2, 0.25) is 0 Å². The Kier molecular flexibility index (Phi) is 4.41. The van der Waals surface area contributed by atoms with Crippen LogP contribution < -0.4 is 5.32 Å². The molecule has 3 nitrogen and oxygen atoms in total. The average molecular weight is 190 g/mol. The number of nitrogens with zero attached hydrogens (tertiary/aromatic N) is 1. The first-order valence-corrected chi connectivity index (χ1v) is 4.69. The third-order valence-electron chi connectivity index (χ3n) is 1.69. The van der Waals surface area contributed by atoms with Crippen LogP contribution in [0.3, 0.4) is 0 Å². The molecule has 1 rings (SSSR count). The van der Waals surface area contributed by atoms with E-state index in [4.69, 9.17) is 0 Å². The number of allylic oxidation sites excluding steroid dienone is 1. The number of nitrogens with one attached hydrogen (secondary N) is 1. The Balaban J connectivity index is 2.47. The van der Waals surface area contributed by atoms with E-state index in [-0.39, 0.29) is 5.78 Å². The average Bonchev–Trinajstić information content (AvgIpc) is 2.25. The summed E-state index contributed by atoms with van der Waals surface area (Å²) >= 11 is 0. The van der Waals surface area contributed by atoms with Gasteiger partial charge in [-0.15, -0.1) is 0 Å². The largest absolute Gasteiger partial charge is 0.391 e. The SMILES string of the molecule is CCCN/C=C/C(=O)c1cccnc1. The lowest BCUT2D eigenvalue weighted by atomic mass is 10.2. The number of carbonyl (C=O) groups is 1. The molecule has 0 fully saturated rings. The third-order valence-corrected chi connectivity index (χ3v) is 1.69. The van der Waals surface area contributed by atoms with Gasteiger partial charge in [-0.1, -0.05) is 6.92 Å². The Bertz CT molecular complexity index is 306. The lowest BCUT2D eigenvalue weighted by Crippen LogP contribution is -2.06. The van der Waals surface area contributed by atoms with Crippen LogP contribution in [0.1, 0.15) is 23.7 Å². The molecular formula is C11H14N2O. The van der Waals surface area contributed by atoms with Gasteiger partial charge in [-0.3, -0.25) is 9.78 Å². The maximum atomic E-state index is 11.4. The molecule has 1 aromatic rings. The minimum atomic E-state index is -0.0262. The lowest BCUT2D eigenvalue weighted by Gasteiger charge is -1.95. The van der Waals surface area contributed by atoms with Crippen molar-refractivity contribution >= 4 is 5.78 Å². The lowest BCUT2D eigenvalue weighted by molar-refractivity contribution is 0.104. The van der Waals surface area contributed by atoms with Gasteiger partial charge in [0, 0.05) is 36.8 Å². The van der Waals surface area contributed by atoms with E-state index in [1.807, 2.05) is 0 Å². The molecule has 74 valence electrons. The van der Waals surface area contributed by atoms with E-state index in [1.54, 1.807) is 30.7 Å². The summed E-state index contributed by atoms with van der Waals surface area (Å²) in [6, 6.07) is 3.50. The van der Waals surface area contributed by atoms with Crippen molar-refractivity contribution in [2.24, 2.45) is 0 Å². The number of hydrogen-bond acceptors (Lipinski definition) is 3. The molecule has 0 aromatic carbocycles. The summed E-state index contributed by atoms with van der Waals surface area (Å²) in [5.74, 6) is -0.0262. The minimum Gasteiger partial charge on any atom is -0.391 e. The van der Waals surface area contributed by atoms with Crippen LogP contribution in [-0.4, -0.2) is 17.3 Å². The van der Waals surface area contributed by atoms with Gasteiger partial charge < -0.3 is 5.32 Å². The van der Waals surface area contributed by atoms with Crippen LogP contribution in [0, 0.1) is 0 Å². The maximum absolute atomic E-state index is 11.4. The van der Waals surface area contributed by atoms with Gasteiger partial charge >= 0.3 is 0 Å². The molecule has 0 aliphatic rings. The molecule has 0 aliphatic heterocycles. The standard InChI is InChI=1S/C11H14N2O/c1-2-6-12-8-5-11(14)10-4-3-7-13-9-10/h3-5,7-9,12H,2,6H2,1H3/b8-5+. The monoisotopic (exact) mass is 190 g/mol. The second kappa shape index (κ2) is 5.91. The highest BCUT2D eigenvalue weighted by atomic mass is 16.1. The van der Waals surface area contributed by atoms with Gasteiger partial charge in [0.25, 0.3) is 0 Å². The molecule has 0 radical (unpaired) electrons. The summed E-state index contributed by atoms with van der Waals surface area (Å²) in [5.41, 5.74) is 0.613. The van der Waals surface area contributed by atoms with Gasteiger partial charge in [0.1, 0.15) is 0 Å². The Morgan fingerprint density at radius 2 is 2.50 bits per heavy atom. The highest BCUT2D eigenvalue weighted by Crippen LogP contribution is 1.97. The summed E-state index contributed by atoms with van der Waals surface area (Å²) < 4.78 is 0. The zero-order valence-corrected chi connectivity index (χ0v) is 8.23. The first-order valence-electron chi connectivity index (χ1n) is 4.69. The van der Waals surface area contributed by atoms with Crippen LogP contribution in [-0.2, 0) is 0 Å². The molecule has 1 aromatic heterocycles. The fourth-order valence-corrected chi connectivity index (χ4v) is 0.967. The van der Waals surface area contributed by atoms with Crippen LogP contribution in [0.25, 0.3) is 0 Å². The highest BCUT2D eigenvalue weighted by Gasteiger charge is 1.98. The van der Waals surface area contributed by atoms with Gasteiger partial charge in [-0.05, 0) is 18.6 Å². The Labute approximate surface area is 83.9 Å². The summed E-state index contributed by atoms with van der Waals surface area (Å²) in [4.78, 5) is 15.3. The van der Waals surface area contributed by atoms with Gasteiger partial charge in [-0.2, -0.15) is 0 Å². The van der Waals surface area contributed by atoms with Gasteiger partial charge in [-0.25, -0.2) is 0 Å². The van der Waals surface area contributed by atoms with E-state index in [0.717, 1.165) is 13.0 Å². The smallest absolute Gasteiger partial charge is 0.188 e. The summed E-state index contributed by atoms with van der Waals surface area (Å²) in [6.07, 6.45) is 7.46. The zero-order chi connectivity index (χ0) is 10.2. The molecule has 0 atom stereocenters. The highest BCUT2D eigenvalue weighted by molar-refractivity contribution is 6.04. The second-order valence-corrected chi connectivity index (χ2v) is 2.89. The molecule has 0 unspecified atom stereocenters. The summed E-state index contributed by atoms with van der Waals surface area (Å²) in [6.45, 7) is 2.96. The Morgan fingerprint density at radius 1 is 1.64 bits per heavy atom. The maximum Gasteiger partial charge on any atom is 0.188 e. The number of aromatic nitrogens is 1. The molecule has 0 spiro atoms. The normalized spacial score (nSPS) is 10.4. The number of pyridine rings is 1. The number of carbonyl (C=O) groups excluding carboxylic acids is 1. The quantitative estimate of drug-likeness (QED) is 0.437. The van der Waals surface area contributed by atoms with E-state index in [2.05, 4.69) is 17.2 Å². The van der Waals surface area contributed by atoms with Crippen molar-refractivity contribution in [1.29, 1.82) is 0 Å². The fraction of sp³-hybridized carbons (Fsp3) is 0.273. The van der Waals surface area contributed by atoms with Crippen molar-refractivity contribution < 1.29 is 4.79 Å². The molecule has 0 amide bonds. The van der Waals surface area contributed by atoms with Crippen molar-refractivity contribution in [3.63, 3.8) is 0 Å². The minimum absolute atomic E-state index is 0.0262. The van der Waals surface area contributed by atoms with Crippen molar-refractivity contribution in [3.05, 3.63) is 42.4 Å². The molecule has 3 heteroatoms. The molecule has 1 heterocycles. The molecular weight excluding hydrogens is 176 g/mol. The predicted molar refractivity (Wildman–Crippen MR) is 56.0 cm³/mol. The number of rotatable bonds is 5. The summed E-state index contributed by atoms with van der Waals surface area (Å²) in [5, 5.41) is 3.01. The van der Waals surface area contributed by atoms with Crippen molar-refractivity contribution in [1.82, 2.24) is 10.3 Å². The third kappa shape index (κ3) is 3.39. The van der Waals surface area contributed by atoms with E-state index in [9.17, 15) is 4.79 Å². The van der Waals surface area contributed by atoms with Gasteiger partial charge in [0.15, 0.2) is 5.78 Å². The van der Waals surface area contributed by atoms with E-state index < -0.39 is 0 Å². The first-order chi connectivity index (χ1) is 6.84. The van der Waals surface area contributed by atoms with E-state index >= 15 is 0 Å². The predicted octanol–water partition coefficient (Wildman–Crippen LogP) is 1.78. The van der Waals surface area contributed by atoms with E-state index in [1.165, 1.54) is 6.08 Å². The summed E-state index contributed by atoms with van der Waals surface area (Å²) in [7, 11) is 0. The van der Waals surface area contributed by atoms with Gasteiger partial charge in [0.2, 0.25) is 0 Å². The molecule has 0 saturated carbocycles. The Hall–Kier alpha value is -1.64.